The lowest BCUT2D eigenvalue weighted by Gasteiger charge is -2.28. The number of H-pyrrole nitrogens is 1. The van der Waals surface area contributed by atoms with Gasteiger partial charge >= 0.3 is 0 Å². The molecular formula is C20H27FN4S. The van der Waals surface area contributed by atoms with E-state index in [-0.39, 0.29) is 5.82 Å². The summed E-state index contributed by atoms with van der Waals surface area (Å²) in [5.41, 5.74) is 2.84. The van der Waals surface area contributed by atoms with Crippen LogP contribution < -0.4 is 9.44 Å². The molecule has 1 aromatic heterocycles. The highest BCUT2D eigenvalue weighted by Crippen LogP contribution is 2.34. The summed E-state index contributed by atoms with van der Waals surface area (Å²) in [7, 11) is 0. The monoisotopic (exact) mass is 374 g/mol. The third-order valence-electron chi connectivity index (χ3n) is 5.69. The fraction of sp³-hybridized carbons (Fsp3) is 0.550. The third-order valence-corrected chi connectivity index (χ3v) is 6.59. The number of halogens is 1. The average molecular weight is 375 g/mol. The first kappa shape index (κ1) is 18.0. The maximum Gasteiger partial charge on any atom is 0.123 e. The summed E-state index contributed by atoms with van der Waals surface area (Å²) in [4.78, 5) is 0. The summed E-state index contributed by atoms with van der Waals surface area (Å²) in [6.07, 6.45) is 10.0. The molecular weight excluding hydrogens is 347 g/mol. The summed E-state index contributed by atoms with van der Waals surface area (Å²) >= 11 is 1.70. The van der Waals surface area contributed by atoms with Gasteiger partial charge in [-0.05, 0) is 56.7 Å². The second-order valence-corrected chi connectivity index (χ2v) is 8.26. The normalized spacial score (nSPS) is 24.2. The Morgan fingerprint density at radius 3 is 2.42 bits per heavy atom. The third kappa shape index (κ3) is 4.48. The molecule has 0 atom stereocenters. The Kier molecular flexibility index (Phi) is 5.92. The first-order valence-corrected chi connectivity index (χ1v) is 10.6. The van der Waals surface area contributed by atoms with Gasteiger partial charge < -0.3 is 0 Å². The number of hydrogen-bond acceptors (Lipinski definition) is 4. The van der Waals surface area contributed by atoms with Crippen LogP contribution in [0, 0.1) is 5.82 Å². The van der Waals surface area contributed by atoms with Gasteiger partial charge in [-0.3, -0.25) is 5.10 Å². The fourth-order valence-electron chi connectivity index (χ4n) is 4.11. The molecule has 4 nitrogen and oxygen atoms in total. The molecule has 1 heterocycles. The zero-order valence-electron chi connectivity index (χ0n) is 15.0. The van der Waals surface area contributed by atoms with Crippen LogP contribution in [0.3, 0.4) is 0 Å². The molecule has 0 saturated heterocycles. The Bertz CT molecular complexity index is 705. The highest BCUT2D eigenvalue weighted by atomic mass is 32.2. The second-order valence-electron chi connectivity index (χ2n) is 7.59. The van der Waals surface area contributed by atoms with Gasteiger partial charge in [0.2, 0.25) is 0 Å². The van der Waals surface area contributed by atoms with Crippen LogP contribution in [-0.4, -0.2) is 22.3 Å². The van der Waals surface area contributed by atoms with Crippen LogP contribution in [-0.2, 0) is 0 Å². The lowest BCUT2D eigenvalue weighted by Crippen LogP contribution is -2.32. The molecule has 0 amide bonds. The summed E-state index contributed by atoms with van der Waals surface area (Å²) in [6.45, 7) is 0. The summed E-state index contributed by atoms with van der Waals surface area (Å²) in [5, 5.41) is 7.57. The van der Waals surface area contributed by atoms with Crippen LogP contribution in [0.2, 0.25) is 0 Å². The minimum absolute atomic E-state index is 0.220. The SMILES string of the molecule is Fc1cccc(-c2cc(C3CCC(NSNC4CCCC4)CC3)[nH]n2)c1. The quantitative estimate of drug-likeness (QED) is 0.628. The van der Waals surface area contributed by atoms with Crippen LogP contribution in [0.25, 0.3) is 11.3 Å². The lowest BCUT2D eigenvalue weighted by atomic mass is 9.84. The van der Waals surface area contributed by atoms with Crippen LogP contribution in [0.15, 0.2) is 30.3 Å². The molecule has 2 fully saturated rings. The van der Waals surface area contributed by atoms with Crippen molar-refractivity contribution < 1.29 is 4.39 Å². The van der Waals surface area contributed by atoms with Crippen molar-refractivity contribution in [1.82, 2.24) is 19.6 Å². The van der Waals surface area contributed by atoms with Crippen LogP contribution in [0.4, 0.5) is 4.39 Å². The predicted molar refractivity (Wildman–Crippen MR) is 105 cm³/mol. The van der Waals surface area contributed by atoms with Gasteiger partial charge in [-0.25, -0.2) is 13.8 Å². The Hall–Kier alpha value is -1.37. The smallest absolute Gasteiger partial charge is 0.123 e. The van der Waals surface area contributed by atoms with E-state index in [1.807, 2.05) is 6.07 Å². The van der Waals surface area contributed by atoms with Crippen molar-refractivity contribution in [3.63, 3.8) is 0 Å². The van der Waals surface area contributed by atoms with E-state index in [2.05, 4.69) is 25.7 Å². The summed E-state index contributed by atoms with van der Waals surface area (Å²) in [6, 6.07) is 9.99. The molecule has 2 saturated carbocycles. The van der Waals surface area contributed by atoms with E-state index >= 15 is 0 Å². The first-order valence-electron chi connectivity index (χ1n) is 9.76. The number of rotatable bonds is 6. The number of aromatic amines is 1. The predicted octanol–water partition coefficient (Wildman–Crippen LogP) is 4.93. The van der Waals surface area contributed by atoms with E-state index in [0.29, 0.717) is 18.0 Å². The molecule has 2 aliphatic carbocycles. The van der Waals surface area contributed by atoms with Crippen molar-refractivity contribution in [2.45, 2.75) is 69.4 Å². The van der Waals surface area contributed by atoms with Gasteiger partial charge in [-0.2, -0.15) is 5.10 Å². The van der Waals surface area contributed by atoms with E-state index in [4.69, 9.17) is 0 Å². The van der Waals surface area contributed by atoms with Gasteiger partial charge in [0, 0.05) is 41.4 Å². The first-order chi connectivity index (χ1) is 12.8. The topological polar surface area (TPSA) is 52.7 Å². The molecule has 0 radical (unpaired) electrons. The number of hydrogen-bond donors (Lipinski definition) is 3. The molecule has 2 aliphatic rings. The van der Waals surface area contributed by atoms with E-state index < -0.39 is 0 Å². The van der Waals surface area contributed by atoms with Gasteiger partial charge in [-0.1, -0.05) is 25.0 Å². The molecule has 140 valence electrons. The van der Waals surface area contributed by atoms with E-state index in [9.17, 15) is 4.39 Å². The highest BCUT2D eigenvalue weighted by molar-refractivity contribution is 7.95. The van der Waals surface area contributed by atoms with Crippen molar-refractivity contribution >= 4 is 12.1 Å². The van der Waals surface area contributed by atoms with Gasteiger partial charge in [0.25, 0.3) is 0 Å². The van der Waals surface area contributed by atoms with E-state index in [0.717, 1.165) is 24.1 Å². The zero-order valence-corrected chi connectivity index (χ0v) is 15.8. The van der Waals surface area contributed by atoms with Gasteiger partial charge in [-0.15, -0.1) is 0 Å². The van der Waals surface area contributed by atoms with Crippen LogP contribution in [0.5, 0.6) is 0 Å². The van der Waals surface area contributed by atoms with Crippen molar-refractivity contribution in [2.24, 2.45) is 0 Å². The molecule has 3 N–H and O–H groups in total. The average Bonchev–Trinajstić information content (AvgIpc) is 3.34. The molecule has 2 aromatic rings. The minimum atomic E-state index is -0.220. The lowest BCUT2D eigenvalue weighted by molar-refractivity contribution is 0.376. The van der Waals surface area contributed by atoms with Crippen molar-refractivity contribution in [2.75, 3.05) is 0 Å². The second kappa shape index (κ2) is 8.55. The molecule has 26 heavy (non-hydrogen) atoms. The number of aromatic nitrogens is 2. The Balaban J connectivity index is 1.25. The largest absolute Gasteiger partial charge is 0.282 e. The highest BCUT2D eigenvalue weighted by Gasteiger charge is 2.24. The maximum atomic E-state index is 13.4. The van der Waals surface area contributed by atoms with Crippen molar-refractivity contribution in [1.29, 1.82) is 0 Å². The van der Waals surface area contributed by atoms with E-state index in [1.165, 1.54) is 56.4 Å². The number of benzene rings is 1. The molecule has 0 aliphatic heterocycles. The fourth-order valence-corrected chi connectivity index (χ4v) is 4.98. The molecule has 6 heteroatoms. The Morgan fingerprint density at radius 1 is 0.962 bits per heavy atom. The van der Waals surface area contributed by atoms with Crippen LogP contribution in [0.1, 0.15) is 63.0 Å². The molecule has 4 rings (SSSR count). The number of nitrogens with zero attached hydrogens (tertiary/aromatic N) is 1. The van der Waals surface area contributed by atoms with Crippen molar-refractivity contribution in [3.05, 3.63) is 41.8 Å². The Morgan fingerprint density at radius 2 is 1.69 bits per heavy atom. The molecule has 1 aromatic carbocycles. The molecule has 0 unspecified atom stereocenters. The number of nitrogens with one attached hydrogen (secondary N) is 3. The van der Waals surface area contributed by atoms with E-state index in [1.54, 1.807) is 18.2 Å². The van der Waals surface area contributed by atoms with Crippen LogP contribution >= 0.6 is 12.1 Å². The molecule has 0 bridgehead atoms. The van der Waals surface area contributed by atoms with Crippen molar-refractivity contribution in [3.8, 4) is 11.3 Å². The molecule has 0 spiro atoms. The summed E-state index contributed by atoms with van der Waals surface area (Å²) in [5.74, 6) is 0.304. The van der Waals surface area contributed by atoms with Gasteiger partial charge in [0.15, 0.2) is 0 Å². The van der Waals surface area contributed by atoms with Gasteiger partial charge in [0.1, 0.15) is 5.82 Å². The van der Waals surface area contributed by atoms with Gasteiger partial charge in [0.05, 0.1) is 5.69 Å². The maximum absolute atomic E-state index is 13.4. The standard InChI is InChI=1S/C20H27FN4S/c21-16-5-3-4-15(12-16)20-13-19(22-23-20)14-8-10-18(11-9-14)25-26-24-17-6-1-2-7-17/h3-5,12-14,17-18,24-25H,1-2,6-11H2,(H,22,23). The zero-order chi connectivity index (χ0) is 17.8. The minimum Gasteiger partial charge on any atom is -0.282 e. The summed E-state index contributed by atoms with van der Waals surface area (Å²) < 4.78 is 20.6. The Labute approximate surface area is 159 Å².